The number of benzene rings is 2. The molecule has 0 spiro atoms. The maximum atomic E-state index is 12.9. The van der Waals surface area contributed by atoms with Crippen molar-refractivity contribution in [1.82, 2.24) is 5.32 Å². The molecule has 0 heterocycles. The van der Waals surface area contributed by atoms with Crippen molar-refractivity contribution >= 4 is 29.9 Å². The lowest BCUT2D eigenvalue weighted by Gasteiger charge is -2.13. The largest absolute Gasteiger partial charge is 0.457 e. The SMILES string of the molecule is COCC(C)NC(N)=NCc1ccc(Oc2ccc(F)cc2)c(C)c1.I. The van der Waals surface area contributed by atoms with Crippen LogP contribution in [0.4, 0.5) is 4.39 Å². The van der Waals surface area contributed by atoms with E-state index in [4.69, 9.17) is 15.2 Å². The summed E-state index contributed by atoms with van der Waals surface area (Å²) in [6, 6.07) is 11.8. The zero-order valence-corrected chi connectivity index (χ0v) is 17.5. The Hall–Kier alpha value is -1.87. The highest BCUT2D eigenvalue weighted by Gasteiger charge is 2.05. The average molecular weight is 473 g/mol. The Labute approximate surface area is 170 Å². The molecule has 0 aliphatic carbocycles. The molecule has 0 aliphatic heterocycles. The van der Waals surface area contributed by atoms with Gasteiger partial charge < -0.3 is 20.5 Å². The van der Waals surface area contributed by atoms with Gasteiger partial charge in [0.2, 0.25) is 0 Å². The molecule has 142 valence electrons. The number of nitrogens with two attached hydrogens (primary N) is 1. The van der Waals surface area contributed by atoms with Crippen LogP contribution in [0, 0.1) is 12.7 Å². The molecule has 1 unspecified atom stereocenters. The van der Waals surface area contributed by atoms with Crippen molar-refractivity contribution < 1.29 is 13.9 Å². The van der Waals surface area contributed by atoms with Gasteiger partial charge in [0.1, 0.15) is 17.3 Å². The number of halogens is 2. The maximum absolute atomic E-state index is 12.9. The van der Waals surface area contributed by atoms with Gasteiger partial charge in [0.25, 0.3) is 0 Å². The van der Waals surface area contributed by atoms with Crippen LogP contribution in [0.3, 0.4) is 0 Å². The Morgan fingerprint density at radius 3 is 2.54 bits per heavy atom. The van der Waals surface area contributed by atoms with Crippen molar-refractivity contribution in [2.75, 3.05) is 13.7 Å². The molecule has 1 atom stereocenters. The van der Waals surface area contributed by atoms with E-state index in [9.17, 15) is 4.39 Å². The topological polar surface area (TPSA) is 68.9 Å². The highest BCUT2D eigenvalue weighted by atomic mass is 127. The Morgan fingerprint density at radius 2 is 1.92 bits per heavy atom. The van der Waals surface area contributed by atoms with Crippen molar-refractivity contribution in [3.63, 3.8) is 0 Å². The number of nitrogens with zero attached hydrogens (tertiary/aromatic N) is 1. The summed E-state index contributed by atoms with van der Waals surface area (Å²) in [6.45, 7) is 4.95. The maximum Gasteiger partial charge on any atom is 0.189 e. The third-order valence-corrected chi connectivity index (χ3v) is 3.52. The third kappa shape index (κ3) is 7.17. The summed E-state index contributed by atoms with van der Waals surface area (Å²) in [5.41, 5.74) is 7.85. The standard InChI is InChI=1S/C19H24FN3O2.HI/c1-13-10-15(11-22-19(21)23-14(2)12-24-3)4-9-18(13)25-17-7-5-16(20)6-8-17;/h4-10,14H,11-12H2,1-3H3,(H3,21,22,23);1H. The van der Waals surface area contributed by atoms with Gasteiger partial charge in [-0.15, -0.1) is 24.0 Å². The number of aryl methyl sites for hydroxylation is 1. The molecular weight excluding hydrogens is 448 g/mol. The highest BCUT2D eigenvalue weighted by Crippen LogP contribution is 2.26. The third-order valence-electron chi connectivity index (χ3n) is 3.52. The minimum atomic E-state index is -0.289. The van der Waals surface area contributed by atoms with Gasteiger partial charge in [-0.05, 0) is 55.3 Å². The van der Waals surface area contributed by atoms with Crippen LogP contribution in [-0.4, -0.2) is 25.7 Å². The summed E-state index contributed by atoms with van der Waals surface area (Å²) in [5, 5.41) is 3.06. The summed E-state index contributed by atoms with van der Waals surface area (Å²) in [4.78, 5) is 4.33. The fourth-order valence-electron chi connectivity index (χ4n) is 2.32. The number of guanidine groups is 1. The van der Waals surface area contributed by atoms with Crippen molar-refractivity contribution in [2.45, 2.75) is 26.4 Å². The number of hydrogen-bond acceptors (Lipinski definition) is 3. The first kappa shape index (κ1) is 22.2. The Balaban J connectivity index is 0.00000338. The molecule has 0 aromatic heterocycles. The quantitative estimate of drug-likeness (QED) is 0.363. The lowest BCUT2D eigenvalue weighted by molar-refractivity contribution is 0.179. The summed E-state index contributed by atoms with van der Waals surface area (Å²) in [5.74, 6) is 1.41. The second-order valence-corrected chi connectivity index (χ2v) is 5.86. The van der Waals surface area contributed by atoms with Gasteiger partial charge >= 0.3 is 0 Å². The van der Waals surface area contributed by atoms with Gasteiger partial charge in [-0.1, -0.05) is 12.1 Å². The second kappa shape index (κ2) is 11.0. The van der Waals surface area contributed by atoms with E-state index in [1.165, 1.54) is 12.1 Å². The molecule has 7 heteroatoms. The number of methoxy groups -OCH3 is 1. The Morgan fingerprint density at radius 1 is 1.23 bits per heavy atom. The van der Waals surface area contributed by atoms with Gasteiger partial charge in [0.05, 0.1) is 13.2 Å². The van der Waals surface area contributed by atoms with E-state index in [2.05, 4.69) is 10.3 Å². The first-order valence-electron chi connectivity index (χ1n) is 8.06. The van der Waals surface area contributed by atoms with E-state index in [-0.39, 0.29) is 35.8 Å². The zero-order valence-electron chi connectivity index (χ0n) is 15.2. The Kier molecular flexibility index (Phi) is 9.36. The lowest BCUT2D eigenvalue weighted by atomic mass is 10.1. The van der Waals surface area contributed by atoms with Gasteiger partial charge in [0.15, 0.2) is 5.96 Å². The average Bonchev–Trinajstić information content (AvgIpc) is 2.57. The molecule has 0 aliphatic rings. The van der Waals surface area contributed by atoms with E-state index < -0.39 is 0 Å². The van der Waals surface area contributed by atoms with E-state index in [1.54, 1.807) is 19.2 Å². The molecule has 2 rings (SSSR count). The van der Waals surface area contributed by atoms with Crippen molar-refractivity contribution in [2.24, 2.45) is 10.7 Å². The molecule has 2 aromatic carbocycles. The summed E-state index contributed by atoms with van der Waals surface area (Å²) >= 11 is 0. The van der Waals surface area contributed by atoms with Crippen LogP contribution in [0.5, 0.6) is 11.5 Å². The highest BCUT2D eigenvalue weighted by molar-refractivity contribution is 14.0. The summed E-state index contributed by atoms with van der Waals surface area (Å²) < 4.78 is 23.8. The molecule has 0 saturated heterocycles. The second-order valence-electron chi connectivity index (χ2n) is 5.86. The van der Waals surface area contributed by atoms with E-state index >= 15 is 0 Å². The predicted molar refractivity (Wildman–Crippen MR) is 113 cm³/mol. The normalized spacial score (nSPS) is 12.2. The number of nitrogens with one attached hydrogen (secondary N) is 1. The molecular formula is C19H25FIN3O2. The van der Waals surface area contributed by atoms with Crippen LogP contribution in [-0.2, 0) is 11.3 Å². The van der Waals surface area contributed by atoms with E-state index in [1.807, 2.05) is 32.0 Å². The lowest BCUT2D eigenvalue weighted by Crippen LogP contribution is -2.40. The number of rotatable bonds is 7. The first-order chi connectivity index (χ1) is 12.0. The fraction of sp³-hybridized carbons (Fsp3) is 0.316. The van der Waals surface area contributed by atoms with Gasteiger partial charge in [-0.3, -0.25) is 0 Å². The number of hydrogen-bond donors (Lipinski definition) is 2. The van der Waals surface area contributed by atoms with E-state index in [0.29, 0.717) is 24.9 Å². The van der Waals surface area contributed by atoms with Crippen molar-refractivity contribution in [1.29, 1.82) is 0 Å². The smallest absolute Gasteiger partial charge is 0.189 e. The molecule has 26 heavy (non-hydrogen) atoms. The molecule has 0 fully saturated rings. The minimum Gasteiger partial charge on any atom is -0.457 e. The summed E-state index contributed by atoms with van der Waals surface area (Å²) in [7, 11) is 1.64. The first-order valence-corrected chi connectivity index (χ1v) is 8.06. The molecule has 2 aromatic rings. The van der Waals surface area contributed by atoms with Crippen LogP contribution < -0.4 is 15.8 Å². The van der Waals surface area contributed by atoms with Crippen LogP contribution in [0.25, 0.3) is 0 Å². The van der Waals surface area contributed by atoms with Gasteiger partial charge in [-0.2, -0.15) is 0 Å². The summed E-state index contributed by atoms with van der Waals surface area (Å²) in [6.07, 6.45) is 0. The van der Waals surface area contributed by atoms with Crippen LogP contribution in [0.2, 0.25) is 0 Å². The number of ether oxygens (including phenoxy) is 2. The number of aliphatic imine (C=N–C) groups is 1. The fourth-order valence-corrected chi connectivity index (χ4v) is 2.32. The molecule has 0 radical (unpaired) electrons. The predicted octanol–water partition coefficient (Wildman–Crippen LogP) is 3.98. The van der Waals surface area contributed by atoms with Gasteiger partial charge in [0, 0.05) is 13.2 Å². The van der Waals surface area contributed by atoms with Crippen LogP contribution >= 0.6 is 24.0 Å². The molecule has 0 amide bonds. The Bertz CT molecular complexity index is 723. The minimum absolute atomic E-state index is 0. The molecule has 5 nitrogen and oxygen atoms in total. The van der Waals surface area contributed by atoms with Crippen LogP contribution in [0.1, 0.15) is 18.1 Å². The zero-order chi connectivity index (χ0) is 18.2. The van der Waals surface area contributed by atoms with Crippen molar-refractivity contribution in [3.05, 3.63) is 59.4 Å². The van der Waals surface area contributed by atoms with E-state index in [0.717, 1.165) is 16.9 Å². The molecule has 3 N–H and O–H groups in total. The van der Waals surface area contributed by atoms with Gasteiger partial charge in [-0.25, -0.2) is 9.38 Å². The molecule has 0 saturated carbocycles. The van der Waals surface area contributed by atoms with Crippen molar-refractivity contribution in [3.8, 4) is 11.5 Å². The van der Waals surface area contributed by atoms with Crippen LogP contribution in [0.15, 0.2) is 47.5 Å². The molecule has 0 bridgehead atoms. The monoisotopic (exact) mass is 473 g/mol.